The van der Waals surface area contributed by atoms with E-state index in [0.717, 1.165) is 61.0 Å². The summed E-state index contributed by atoms with van der Waals surface area (Å²) in [6.07, 6.45) is 5.15. The van der Waals surface area contributed by atoms with Crippen LogP contribution in [-0.4, -0.2) is 33.8 Å². The van der Waals surface area contributed by atoms with Crippen molar-refractivity contribution in [3.63, 3.8) is 0 Å². The molecule has 2 aliphatic heterocycles. The SMILES string of the molecule is CC(C1=NCc2nc(N3CCC4(CC3)Cc3scnc3[C@H]4N)cnc21)c1ccccc1. The zero-order chi connectivity index (χ0) is 21.0. The Morgan fingerprint density at radius 1 is 1.16 bits per heavy atom. The van der Waals surface area contributed by atoms with Crippen LogP contribution in [-0.2, 0) is 13.0 Å². The number of hydrogen-bond acceptors (Lipinski definition) is 7. The molecule has 1 aromatic carbocycles. The Morgan fingerprint density at radius 3 is 2.74 bits per heavy atom. The highest BCUT2D eigenvalue weighted by molar-refractivity contribution is 7.09. The fraction of sp³-hybridized carbons (Fsp3) is 0.417. The molecule has 4 heterocycles. The predicted molar refractivity (Wildman–Crippen MR) is 124 cm³/mol. The second-order valence-electron chi connectivity index (χ2n) is 9.02. The first-order chi connectivity index (χ1) is 15.1. The van der Waals surface area contributed by atoms with E-state index >= 15 is 0 Å². The van der Waals surface area contributed by atoms with Gasteiger partial charge in [0.25, 0.3) is 0 Å². The van der Waals surface area contributed by atoms with Crippen LogP contribution in [0.5, 0.6) is 0 Å². The lowest BCUT2D eigenvalue weighted by atomic mass is 9.73. The van der Waals surface area contributed by atoms with Gasteiger partial charge in [0.05, 0.1) is 41.4 Å². The summed E-state index contributed by atoms with van der Waals surface area (Å²) in [5.74, 6) is 1.19. The third kappa shape index (κ3) is 3.02. The Morgan fingerprint density at radius 2 is 1.97 bits per heavy atom. The highest BCUT2D eigenvalue weighted by Crippen LogP contribution is 2.51. The monoisotopic (exact) mass is 430 g/mol. The summed E-state index contributed by atoms with van der Waals surface area (Å²) in [4.78, 5) is 22.9. The van der Waals surface area contributed by atoms with Gasteiger partial charge in [-0.15, -0.1) is 11.3 Å². The fourth-order valence-electron chi connectivity index (χ4n) is 5.42. The summed E-state index contributed by atoms with van der Waals surface area (Å²) in [5.41, 5.74) is 14.1. The molecular weight excluding hydrogens is 404 g/mol. The van der Waals surface area contributed by atoms with Gasteiger partial charge in [-0.25, -0.2) is 15.0 Å². The lowest BCUT2D eigenvalue weighted by Gasteiger charge is -2.42. The molecule has 0 saturated carbocycles. The average molecular weight is 431 g/mol. The van der Waals surface area contributed by atoms with Crippen LogP contribution in [0.25, 0.3) is 0 Å². The molecule has 1 fully saturated rings. The summed E-state index contributed by atoms with van der Waals surface area (Å²) in [5, 5.41) is 0. The van der Waals surface area contributed by atoms with E-state index in [9.17, 15) is 0 Å². The summed E-state index contributed by atoms with van der Waals surface area (Å²) in [6, 6.07) is 10.6. The van der Waals surface area contributed by atoms with E-state index in [4.69, 9.17) is 20.7 Å². The molecule has 1 saturated heterocycles. The third-order valence-electron chi connectivity index (χ3n) is 7.41. The number of hydrogen-bond donors (Lipinski definition) is 1. The van der Waals surface area contributed by atoms with Crippen LogP contribution in [0.15, 0.2) is 47.0 Å². The Labute approximate surface area is 186 Å². The number of anilines is 1. The van der Waals surface area contributed by atoms with Crippen LogP contribution in [0.2, 0.25) is 0 Å². The lowest BCUT2D eigenvalue weighted by Crippen LogP contribution is -2.44. The summed E-state index contributed by atoms with van der Waals surface area (Å²) in [7, 11) is 0. The van der Waals surface area contributed by atoms with Crippen LogP contribution in [0.4, 0.5) is 5.82 Å². The minimum Gasteiger partial charge on any atom is -0.355 e. The van der Waals surface area contributed by atoms with Gasteiger partial charge in [0.15, 0.2) is 0 Å². The van der Waals surface area contributed by atoms with Gasteiger partial charge in [0.1, 0.15) is 11.5 Å². The molecule has 3 aromatic rings. The van der Waals surface area contributed by atoms with Crippen molar-refractivity contribution in [3.05, 3.63) is 69.6 Å². The second-order valence-corrected chi connectivity index (χ2v) is 9.96. The topological polar surface area (TPSA) is 80.3 Å². The van der Waals surface area contributed by atoms with Gasteiger partial charge in [-0.3, -0.25) is 4.99 Å². The van der Waals surface area contributed by atoms with E-state index in [-0.39, 0.29) is 17.4 Å². The molecule has 1 spiro atoms. The van der Waals surface area contributed by atoms with E-state index in [0.29, 0.717) is 6.54 Å². The molecule has 1 unspecified atom stereocenters. The summed E-state index contributed by atoms with van der Waals surface area (Å²) in [6.45, 7) is 4.74. The van der Waals surface area contributed by atoms with Crippen molar-refractivity contribution in [2.45, 2.75) is 44.7 Å². The Bertz CT molecular complexity index is 1150. The molecule has 2 N–H and O–H groups in total. The van der Waals surface area contributed by atoms with E-state index in [1.807, 2.05) is 17.8 Å². The fourth-order valence-corrected chi connectivity index (χ4v) is 6.39. The maximum atomic E-state index is 6.63. The molecule has 1 aliphatic carbocycles. The van der Waals surface area contributed by atoms with Crippen LogP contribution in [0.3, 0.4) is 0 Å². The van der Waals surface area contributed by atoms with Gasteiger partial charge < -0.3 is 10.6 Å². The van der Waals surface area contributed by atoms with Crippen molar-refractivity contribution in [1.82, 2.24) is 15.0 Å². The van der Waals surface area contributed by atoms with E-state index in [2.05, 4.69) is 41.1 Å². The first-order valence-electron chi connectivity index (χ1n) is 11.0. The number of nitrogens with zero attached hydrogens (tertiary/aromatic N) is 5. The largest absolute Gasteiger partial charge is 0.355 e. The molecule has 2 aromatic heterocycles. The molecular formula is C24H26N6S. The summed E-state index contributed by atoms with van der Waals surface area (Å²) >= 11 is 1.76. The zero-order valence-corrected chi connectivity index (χ0v) is 18.5. The molecule has 7 heteroatoms. The Kier molecular flexibility index (Phi) is 4.43. The number of rotatable bonds is 3. The third-order valence-corrected chi connectivity index (χ3v) is 8.25. The van der Waals surface area contributed by atoms with Gasteiger partial charge in [0, 0.05) is 23.9 Å². The zero-order valence-electron chi connectivity index (χ0n) is 17.7. The molecule has 0 bridgehead atoms. The normalized spacial score (nSPS) is 22.3. The van der Waals surface area contributed by atoms with E-state index in [1.54, 1.807) is 11.3 Å². The molecule has 31 heavy (non-hydrogen) atoms. The minimum atomic E-state index is 0.0671. The number of fused-ring (bicyclic) bond motifs is 2. The number of aliphatic imine (C=N–C) groups is 1. The smallest absolute Gasteiger partial charge is 0.147 e. The van der Waals surface area contributed by atoms with Crippen molar-refractivity contribution < 1.29 is 0 Å². The van der Waals surface area contributed by atoms with Gasteiger partial charge in [-0.2, -0.15) is 0 Å². The van der Waals surface area contributed by atoms with Gasteiger partial charge in [-0.05, 0) is 30.2 Å². The summed E-state index contributed by atoms with van der Waals surface area (Å²) < 4.78 is 0. The van der Waals surface area contributed by atoms with Crippen LogP contribution in [0.1, 0.15) is 59.2 Å². The quantitative estimate of drug-likeness (QED) is 0.682. The maximum absolute atomic E-state index is 6.63. The molecule has 158 valence electrons. The standard InChI is InChI=1S/C24H26N6S/c1-15(16-5-3-2-4-6-16)20-21-17(12-26-20)29-19(13-27-21)30-9-7-24(8-10-30)11-18-22(23(24)25)28-14-31-18/h2-6,13-15,23H,7-12,25H2,1H3/t15?,23-/m1/s1. The molecule has 0 radical (unpaired) electrons. The van der Waals surface area contributed by atoms with Crippen LogP contribution in [0, 0.1) is 5.41 Å². The van der Waals surface area contributed by atoms with Crippen molar-refractivity contribution in [1.29, 1.82) is 0 Å². The predicted octanol–water partition coefficient (Wildman–Crippen LogP) is 3.88. The Hall–Kier alpha value is -2.64. The van der Waals surface area contributed by atoms with Gasteiger partial charge in [-0.1, -0.05) is 37.3 Å². The number of benzene rings is 1. The average Bonchev–Trinajstić information content (AvgIpc) is 3.50. The van der Waals surface area contributed by atoms with Crippen molar-refractivity contribution in [3.8, 4) is 0 Å². The van der Waals surface area contributed by atoms with Crippen LogP contribution < -0.4 is 10.6 Å². The maximum Gasteiger partial charge on any atom is 0.147 e. The molecule has 6 nitrogen and oxygen atoms in total. The van der Waals surface area contributed by atoms with Crippen LogP contribution >= 0.6 is 11.3 Å². The highest BCUT2D eigenvalue weighted by atomic mass is 32.1. The number of thiazole rings is 1. The Balaban J connectivity index is 1.18. The van der Waals surface area contributed by atoms with Crippen molar-refractivity contribution in [2.24, 2.45) is 16.1 Å². The minimum absolute atomic E-state index is 0.0671. The molecule has 2 atom stereocenters. The molecule has 6 rings (SSSR count). The van der Waals surface area contributed by atoms with Gasteiger partial charge in [0.2, 0.25) is 0 Å². The first kappa shape index (κ1) is 19.1. The number of piperidine rings is 1. The van der Waals surface area contributed by atoms with E-state index in [1.165, 1.54) is 10.4 Å². The number of aromatic nitrogens is 3. The second kappa shape index (κ2) is 7.21. The highest BCUT2D eigenvalue weighted by Gasteiger charge is 2.47. The van der Waals surface area contributed by atoms with Crippen molar-refractivity contribution in [2.75, 3.05) is 18.0 Å². The van der Waals surface area contributed by atoms with Crippen molar-refractivity contribution >= 4 is 22.9 Å². The van der Waals surface area contributed by atoms with Gasteiger partial charge >= 0.3 is 0 Å². The van der Waals surface area contributed by atoms with E-state index < -0.39 is 0 Å². The molecule has 0 amide bonds. The lowest BCUT2D eigenvalue weighted by molar-refractivity contribution is 0.186. The number of nitrogens with two attached hydrogens (primary N) is 1. The molecule has 3 aliphatic rings. The first-order valence-corrected chi connectivity index (χ1v) is 11.9.